The molecule has 0 spiro atoms. The number of urea groups is 1. The maximum absolute atomic E-state index is 11.5. The fourth-order valence-corrected chi connectivity index (χ4v) is 1.62. The van der Waals surface area contributed by atoms with Crippen LogP contribution in [0.2, 0.25) is 0 Å². The van der Waals surface area contributed by atoms with Crippen molar-refractivity contribution in [2.45, 2.75) is 40.2 Å². The number of anilines is 1. The summed E-state index contributed by atoms with van der Waals surface area (Å²) < 4.78 is 0. The summed E-state index contributed by atoms with van der Waals surface area (Å²) in [5.74, 6) is 0.651. The van der Waals surface area contributed by atoms with Crippen LogP contribution in [-0.4, -0.2) is 12.1 Å². The number of rotatable bonds is 4. The van der Waals surface area contributed by atoms with Crippen LogP contribution in [0.1, 0.15) is 33.3 Å². The van der Waals surface area contributed by atoms with Crippen LogP contribution in [0.5, 0.6) is 0 Å². The van der Waals surface area contributed by atoms with Crippen LogP contribution in [0.3, 0.4) is 0 Å². The second-order valence-corrected chi connectivity index (χ2v) is 5.05. The molecule has 2 N–H and O–H groups in total. The topological polar surface area (TPSA) is 41.1 Å². The van der Waals surface area contributed by atoms with Gasteiger partial charge in [-0.05, 0) is 43.9 Å². The number of hydrogen-bond donors (Lipinski definition) is 2. The summed E-state index contributed by atoms with van der Waals surface area (Å²) in [7, 11) is 0. The Labute approximate surface area is 104 Å². The molecule has 3 heteroatoms. The highest BCUT2D eigenvalue weighted by Gasteiger charge is 2.03. The van der Waals surface area contributed by atoms with Crippen molar-refractivity contribution in [1.29, 1.82) is 0 Å². The molecule has 0 bridgehead atoms. The predicted octanol–water partition coefficient (Wildman–Crippen LogP) is 3.42. The van der Waals surface area contributed by atoms with Gasteiger partial charge in [0.05, 0.1) is 0 Å². The van der Waals surface area contributed by atoms with Gasteiger partial charge in [0.15, 0.2) is 0 Å². The Morgan fingerprint density at radius 2 is 1.71 bits per heavy atom. The first-order valence-corrected chi connectivity index (χ1v) is 6.14. The van der Waals surface area contributed by atoms with E-state index in [1.165, 1.54) is 5.56 Å². The fourth-order valence-electron chi connectivity index (χ4n) is 1.62. The molecule has 0 aromatic heterocycles. The van der Waals surface area contributed by atoms with Gasteiger partial charge in [-0.3, -0.25) is 0 Å². The van der Waals surface area contributed by atoms with Gasteiger partial charge in [0.1, 0.15) is 0 Å². The molecule has 2 amide bonds. The highest BCUT2D eigenvalue weighted by Crippen LogP contribution is 2.12. The third kappa shape index (κ3) is 5.38. The van der Waals surface area contributed by atoms with Crippen molar-refractivity contribution in [2.75, 3.05) is 5.32 Å². The molecule has 17 heavy (non-hydrogen) atoms. The van der Waals surface area contributed by atoms with E-state index in [2.05, 4.69) is 36.6 Å². The Bertz CT molecular complexity index is 355. The third-order valence-electron chi connectivity index (χ3n) is 2.28. The van der Waals surface area contributed by atoms with Gasteiger partial charge in [-0.25, -0.2) is 4.79 Å². The number of benzene rings is 1. The molecule has 0 fully saturated rings. The van der Waals surface area contributed by atoms with E-state index in [0.29, 0.717) is 5.92 Å². The SMILES string of the molecule is CC(C)Cc1ccc(NC(=O)NC(C)C)cc1. The summed E-state index contributed by atoms with van der Waals surface area (Å²) in [5.41, 5.74) is 2.13. The molecule has 0 aliphatic carbocycles. The zero-order chi connectivity index (χ0) is 12.8. The van der Waals surface area contributed by atoms with Gasteiger partial charge in [0, 0.05) is 11.7 Å². The second-order valence-electron chi connectivity index (χ2n) is 5.05. The van der Waals surface area contributed by atoms with Gasteiger partial charge in [-0.15, -0.1) is 0 Å². The molecule has 1 aromatic rings. The van der Waals surface area contributed by atoms with Gasteiger partial charge in [0.2, 0.25) is 0 Å². The van der Waals surface area contributed by atoms with Crippen LogP contribution in [0.15, 0.2) is 24.3 Å². The first-order chi connectivity index (χ1) is 7.97. The lowest BCUT2D eigenvalue weighted by Crippen LogP contribution is -2.34. The highest BCUT2D eigenvalue weighted by molar-refractivity contribution is 5.89. The highest BCUT2D eigenvalue weighted by atomic mass is 16.2. The van der Waals surface area contributed by atoms with Crippen LogP contribution < -0.4 is 10.6 Å². The molecular weight excluding hydrogens is 212 g/mol. The second kappa shape index (κ2) is 6.28. The van der Waals surface area contributed by atoms with Crippen LogP contribution in [0, 0.1) is 5.92 Å². The normalized spacial score (nSPS) is 10.7. The molecule has 1 rings (SSSR count). The van der Waals surface area contributed by atoms with Crippen LogP contribution >= 0.6 is 0 Å². The average molecular weight is 234 g/mol. The summed E-state index contributed by atoms with van der Waals surface area (Å²) in [6, 6.07) is 8.00. The zero-order valence-electron chi connectivity index (χ0n) is 11.1. The molecule has 94 valence electrons. The lowest BCUT2D eigenvalue weighted by Gasteiger charge is -2.11. The van der Waals surface area contributed by atoms with E-state index in [0.717, 1.165) is 12.1 Å². The van der Waals surface area contributed by atoms with Crippen molar-refractivity contribution in [2.24, 2.45) is 5.92 Å². The molecule has 0 unspecified atom stereocenters. The van der Waals surface area contributed by atoms with E-state index in [-0.39, 0.29) is 12.1 Å². The summed E-state index contributed by atoms with van der Waals surface area (Å²) >= 11 is 0. The van der Waals surface area contributed by atoms with Gasteiger partial charge < -0.3 is 10.6 Å². The Morgan fingerprint density at radius 1 is 1.12 bits per heavy atom. The lowest BCUT2D eigenvalue weighted by molar-refractivity contribution is 0.250. The lowest BCUT2D eigenvalue weighted by atomic mass is 10.0. The van der Waals surface area contributed by atoms with E-state index in [1.54, 1.807) is 0 Å². The molecule has 0 aliphatic heterocycles. The molecule has 0 heterocycles. The molecular formula is C14H22N2O. The minimum atomic E-state index is -0.156. The quantitative estimate of drug-likeness (QED) is 0.823. The Kier molecular flexibility index (Phi) is 5.01. The summed E-state index contributed by atoms with van der Waals surface area (Å²) in [6.07, 6.45) is 1.07. The smallest absolute Gasteiger partial charge is 0.319 e. The zero-order valence-corrected chi connectivity index (χ0v) is 11.1. The number of carbonyl (C=O) groups is 1. The molecule has 0 atom stereocenters. The summed E-state index contributed by atoms with van der Waals surface area (Å²) in [4.78, 5) is 11.5. The van der Waals surface area contributed by atoms with E-state index in [9.17, 15) is 4.79 Å². The summed E-state index contributed by atoms with van der Waals surface area (Å²) in [6.45, 7) is 8.26. The standard InChI is InChI=1S/C14H22N2O/c1-10(2)9-12-5-7-13(8-6-12)16-14(17)15-11(3)4/h5-8,10-11H,9H2,1-4H3,(H2,15,16,17). The average Bonchev–Trinajstić information content (AvgIpc) is 2.18. The molecule has 3 nitrogen and oxygen atoms in total. The number of carbonyl (C=O) groups excluding carboxylic acids is 1. The first-order valence-electron chi connectivity index (χ1n) is 6.14. The van der Waals surface area contributed by atoms with E-state index in [4.69, 9.17) is 0 Å². The van der Waals surface area contributed by atoms with E-state index < -0.39 is 0 Å². The number of amides is 2. The van der Waals surface area contributed by atoms with Crippen molar-refractivity contribution < 1.29 is 4.79 Å². The largest absolute Gasteiger partial charge is 0.336 e. The summed E-state index contributed by atoms with van der Waals surface area (Å²) in [5, 5.41) is 5.59. The minimum Gasteiger partial charge on any atom is -0.336 e. The van der Waals surface area contributed by atoms with Crippen LogP contribution in [-0.2, 0) is 6.42 Å². The van der Waals surface area contributed by atoms with Gasteiger partial charge in [-0.2, -0.15) is 0 Å². The Hall–Kier alpha value is -1.51. The molecule has 0 saturated carbocycles. The van der Waals surface area contributed by atoms with Gasteiger partial charge in [-0.1, -0.05) is 26.0 Å². The molecule has 0 aliphatic rings. The van der Waals surface area contributed by atoms with Crippen molar-refractivity contribution in [1.82, 2.24) is 5.32 Å². The van der Waals surface area contributed by atoms with Crippen molar-refractivity contribution in [3.05, 3.63) is 29.8 Å². The third-order valence-corrected chi connectivity index (χ3v) is 2.28. The Morgan fingerprint density at radius 3 is 2.18 bits per heavy atom. The fraction of sp³-hybridized carbons (Fsp3) is 0.500. The van der Waals surface area contributed by atoms with Crippen LogP contribution in [0.25, 0.3) is 0 Å². The van der Waals surface area contributed by atoms with E-state index >= 15 is 0 Å². The number of nitrogens with one attached hydrogen (secondary N) is 2. The Balaban J connectivity index is 2.53. The molecule has 1 aromatic carbocycles. The van der Waals surface area contributed by atoms with Gasteiger partial charge in [0.25, 0.3) is 0 Å². The monoisotopic (exact) mass is 234 g/mol. The maximum atomic E-state index is 11.5. The minimum absolute atomic E-state index is 0.148. The molecule has 0 radical (unpaired) electrons. The van der Waals surface area contributed by atoms with Crippen molar-refractivity contribution >= 4 is 11.7 Å². The predicted molar refractivity (Wildman–Crippen MR) is 72.3 cm³/mol. The number of hydrogen-bond acceptors (Lipinski definition) is 1. The van der Waals surface area contributed by atoms with Crippen molar-refractivity contribution in [3.8, 4) is 0 Å². The molecule has 0 saturated heterocycles. The van der Waals surface area contributed by atoms with Crippen molar-refractivity contribution in [3.63, 3.8) is 0 Å². The van der Waals surface area contributed by atoms with Crippen LogP contribution in [0.4, 0.5) is 10.5 Å². The van der Waals surface area contributed by atoms with Gasteiger partial charge >= 0.3 is 6.03 Å². The first kappa shape index (κ1) is 13.6. The maximum Gasteiger partial charge on any atom is 0.319 e. The van der Waals surface area contributed by atoms with E-state index in [1.807, 2.05) is 26.0 Å².